The van der Waals surface area contributed by atoms with Crippen LogP contribution < -0.4 is 16.0 Å². The van der Waals surface area contributed by atoms with E-state index in [0.717, 1.165) is 37.8 Å². The number of hydrogen-bond donors (Lipinski definition) is 3. The number of rotatable bonds is 4. The number of piperazine rings is 1. The quantitative estimate of drug-likeness (QED) is 0.708. The average molecular weight is 415 g/mol. The lowest BCUT2D eigenvalue weighted by Crippen LogP contribution is -2.52. The number of benzene rings is 1. The molecule has 3 amide bonds. The fourth-order valence-corrected chi connectivity index (χ4v) is 4.03. The number of carbonyl (C=O) groups is 2. The van der Waals surface area contributed by atoms with Crippen LogP contribution in [0.2, 0.25) is 5.02 Å². The molecule has 150 valence electrons. The highest BCUT2D eigenvalue weighted by Gasteiger charge is 2.29. The van der Waals surface area contributed by atoms with E-state index in [-0.39, 0.29) is 43.0 Å². The first-order chi connectivity index (χ1) is 12.6. The molecule has 3 N–H and O–H groups in total. The van der Waals surface area contributed by atoms with Gasteiger partial charge in [-0.25, -0.2) is 4.79 Å². The fourth-order valence-electron chi connectivity index (χ4n) is 3.77. The molecule has 1 saturated carbocycles. The Labute approximate surface area is 171 Å². The van der Waals surface area contributed by atoms with Crippen molar-refractivity contribution in [1.29, 1.82) is 0 Å². The van der Waals surface area contributed by atoms with E-state index in [2.05, 4.69) is 16.0 Å². The lowest BCUT2D eigenvalue weighted by Gasteiger charge is -2.37. The minimum atomic E-state index is -0.255. The van der Waals surface area contributed by atoms with E-state index in [1.54, 1.807) is 4.90 Å². The summed E-state index contributed by atoms with van der Waals surface area (Å²) in [5, 5.41) is 9.66. The van der Waals surface area contributed by atoms with E-state index >= 15 is 0 Å². The molecule has 1 aromatic rings. The Hall–Kier alpha value is -1.50. The van der Waals surface area contributed by atoms with Crippen LogP contribution in [0, 0.1) is 0 Å². The standard InChI is InChI=1S/C19H27ClN4O2.ClH/c20-16-9-5-4-8-15(16)17-12-21-10-11-24(17)18(25)13-22-19(26)23-14-6-2-1-3-7-14;/h4-5,8-9,14,17,21H,1-3,6-7,10-13H2,(H2,22,23,26);1H. The lowest BCUT2D eigenvalue weighted by molar-refractivity contribution is -0.133. The van der Waals surface area contributed by atoms with Gasteiger partial charge in [-0.2, -0.15) is 0 Å². The highest BCUT2D eigenvalue weighted by atomic mass is 35.5. The summed E-state index contributed by atoms with van der Waals surface area (Å²) in [7, 11) is 0. The largest absolute Gasteiger partial charge is 0.335 e. The van der Waals surface area contributed by atoms with E-state index in [1.807, 2.05) is 24.3 Å². The normalized spacial score (nSPS) is 20.5. The molecule has 1 aliphatic heterocycles. The molecule has 0 radical (unpaired) electrons. The Balaban J connectivity index is 0.00000261. The Bertz CT molecular complexity index is 638. The van der Waals surface area contributed by atoms with Crippen molar-refractivity contribution < 1.29 is 9.59 Å². The van der Waals surface area contributed by atoms with Gasteiger partial charge in [0.05, 0.1) is 12.6 Å². The average Bonchev–Trinajstić information content (AvgIpc) is 2.67. The minimum absolute atomic E-state index is 0. The zero-order chi connectivity index (χ0) is 18.4. The van der Waals surface area contributed by atoms with Crippen LogP contribution >= 0.6 is 24.0 Å². The van der Waals surface area contributed by atoms with Crippen LogP contribution in [0.15, 0.2) is 24.3 Å². The summed E-state index contributed by atoms with van der Waals surface area (Å²) in [6, 6.07) is 7.45. The van der Waals surface area contributed by atoms with Crippen LogP contribution in [0.3, 0.4) is 0 Å². The first-order valence-corrected chi connectivity index (χ1v) is 9.82. The molecule has 1 unspecified atom stereocenters. The molecule has 0 aromatic heterocycles. The Kier molecular flexibility index (Phi) is 8.67. The summed E-state index contributed by atoms with van der Waals surface area (Å²) in [6.07, 6.45) is 5.60. The Morgan fingerprint density at radius 2 is 1.93 bits per heavy atom. The fraction of sp³-hybridized carbons (Fsp3) is 0.579. The second kappa shape index (κ2) is 10.7. The minimum Gasteiger partial charge on any atom is -0.335 e. The summed E-state index contributed by atoms with van der Waals surface area (Å²) >= 11 is 6.32. The summed E-state index contributed by atoms with van der Waals surface area (Å²) < 4.78 is 0. The van der Waals surface area contributed by atoms with Gasteiger partial charge in [0.2, 0.25) is 5.91 Å². The number of carbonyl (C=O) groups excluding carboxylic acids is 2. The van der Waals surface area contributed by atoms with Gasteiger partial charge in [0.25, 0.3) is 0 Å². The highest BCUT2D eigenvalue weighted by Crippen LogP contribution is 2.28. The van der Waals surface area contributed by atoms with Crippen LogP contribution in [-0.2, 0) is 4.79 Å². The Morgan fingerprint density at radius 1 is 1.19 bits per heavy atom. The van der Waals surface area contributed by atoms with E-state index in [9.17, 15) is 9.59 Å². The molecule has 27 heavy (non-hydrogen) atoms. The molecular weight excluding hydrogens is 387 g/mol. The summed E-state index contributed by atoms with van der Waals surface area (Å²) in [5.41, 5.74) is 0.932. The van der Waals surface area contributed by atoms with E-state index in [1.165, 1.54) is 6.42 Å². The van der Waals surface area contributed by atoms with Gasteiger partial charge in [-0.15, -0.1) is 12.4 Å². The van der Waals surface area contributed by atoms with Crippen LogP contribution in [0.25, 0.3) is 0 Å². The molecular formula is C19H28Cl2N4O2. The van der Waals surface area contributed by atoms with Gasteiger partial charge in [-0.3, -0.25) is 4.79 Å². The monoisotopic (exact) mass is 414 g/mol. The van der Waals surface area contributed by atoms with E-state index in [0.29, 0.717) is 18.1 Å². The first kappa shape index (κ1) is 21.8. The number of nitrogens with zero attached hydrogens (tertiary/aromatic N) is 1. The van der Waals surface area contributed by atoms with Crippen molar-refractivity contribution in [3.8, 4) is 0 Å². The molecule has 0 bridgehead atoms. The Morgan fingerprint density at radius 3 is 2.67 bits per heavy atom. The van der Waals surface area contributed by atoms with Crippen molar-refractivity contribution in [3.05, 3.63) is 34.9 Å². The van der Waals surface area contributed by atoms with E-state index in [4.69, 9.17) is 11.6 Å². The molecule has 3 rings (SSSR count). The molecule has 2 fully saturated rings. The molecule has 0 spiro atoms. The number of halogens is 2. The summed E-state index contributed by atoms with van der Waals surface area (Å²) in [4.78, 5) is 26.6. The van der Waals surface area contributed by atoms with Crippen LogP contribution in [0.5, 0.6) is 0 Å². The molecule has 1 aliphatic carbocycles. The third-order valence-electron chi connectivity index (χ3n) is 5.17. The van der Waals surface area contributed by atoms with Gasteiger partial charge in [0.1, 0.15) is 0 Å². The number of amides is 3. The van der Waals surface area contributed by atoms with Crippen molar-refractivity contribution in [2.24, 2.45) is 0 Å². The summed E-state index contributed by atoms with van der Waals surface area (Å²) in [6.45, 7) is 1.99. The van der Waals surface area contributed by atoms with Crippen molar-refractivity contribution in [2.75, 3.05) is 26.2 Å². The number of nitrogens with one attached hydrogen (secondary N) is 3. The first-order valence-electron chi connectivity index (χ1n) is 9.44. The van der Waals surface area contributed by atoms with Gasteiger partial charge in [0.15, 0.2) is 0 Å². The smallest absolute Gasteiger partial charge is 0.315 e. The van der Waals surface area contributed by atoms with Crippen molar-refractivity contribution in [1.82, 2.24) is 20.9 Å². The maximum absolute atomic E-state index is 12.7. The summed E-state index contributed by atoms with van der Waals surface area (Å²) in [5.74, 6) is -0.0878. The maximum Gasteiger partial charge on any atom is 0.315 e. The number of hydrogen-bond acceptors (Lipinski definition) is 3. The maximum atomic E-state index is 12.7. The lowest BCUT2D eigenvalue weighted by atomic mass is 9.96. The topological polar surface area (TPSA) is 73.5 Å². The van der Waals surface area contributed by atoms with E-state index < -0.39 is 0 Å². The van der Waals surface area contributed by atoms with Crippen LogP contribution in [0.1, 0.15) is 43.7 Å². The zero-order valence-electron chi connectivity index (χ0n) is 15.4. The predicted octanol–water partition coefficient (Wildman–Crippen LogP) is 2.87. The predicted molar refractivity (Wildman–Crippen MR) is 109 cm³/mol. The molecule has 8 heteroatoms. The molecule has 2 aliphatic rings. The second-order valence-corrected chi connectivity index (χ2v) is 7.40. The van der Waals surface area contributed by atoms with Crippen molar-refractivity contribution >= 4 is 35.9 Å². The highest BCUT2D eigenvalue weighted by molar-refractivity contribution is 6.31. The van der Waals surface area contributed by atoms with Crippen molar-refractivity contribution in [3.63, 3.8) is 0 Å². The van der Waals surface area contributed by atoms with Crippen LogP contribution in [0.4, 0.5) is 4.79 Å². The molecule has 1 atom stereocenters. The van der Waals surface area contributed by atoms with Gasteiger partial charge in [-0.05, 0) is 24.5 Å². The van der Waals surface area contributed by atoms with Crippen molar-refractivity contribution in [2.45, 2.75) is 44.2 Å². The second-order valence-electron chi connectivity index (χ2n) is 6.99. The number of urea groups is 1. The van der Waals surface area contributed by atoms with Gasteiger partial charge < -0.3 is 20.9 Å². The molecule has 1 heterocycles. The molecule has 6 nitrogen and oxygen atoms in total. The molecule has 1 aromatic carbocycles. The molecule has 1 saturated heterocycles. The van der Waals surface area contributed by atoms with Gasteiger partial charge >= 0.3 is 6.03 Å². The van der Waals surface area contributed by atoms with Crippen LogP contribution in [-0.4, -0.2) is 49.1 Å². The van der Waals surface area contributed by atoms with Gasteiger partial charge in [0, 0.05) is 30.7 Å². The third-order valence-corrected chi connectivity index (χ3v) is 5.51. The SMILES string of the molecule is Cl.O=C(NCC(=O)N1CCNCC1c1ccccc1Cl)NC1CCCCC1. The van der Waals surface area contributed by atoms with Gasteiger partial charge in [-0.1, -0.05) is 49.1 Å². The third kappa shape index (κ3) is 5.99. The zero-order valence-corrected chi connectivity index (χ0v) is 17.0.